The van der Waals surface area contributed by atoms with E-state index in [1.165, 1.54) is 12.1 Å². The predicted octanol–water partition coefficient (Wildman–Crippen LogP) is 6.14. The van der Waals surface area contributed by atoms with Gasteiger partial charge in [0, 0.05) is 6.04 Å². The molecule has 3 rings (SSSR count). The number of benzene rings is 3. The summed E-state index contributed by atoms with van der Waals surface area (Å²) in [5.74, 6) is 0. The van der Waals surface area contributed by atoms with Gasteiger partial charge in [0.2, 0.25) is 0 Å². The molecule has 0 aromatic heterocycles. The minimum absolute atomic E-state index is 0.0646. The zero-order chi connectivity index (χ0) is 18.8. The number of rotatable bonds is 5. The van der Waals surface area contributed by atoms with E-state index in [1.54, 1.807) is 37.3 Å². The Hall–Kier alpha value is -2.33. The molecule has 3 aromatic carbocycles. The van der Waals surface area contributed by atoms with E-state index in [-0.39, 0.29) is 12.0 Å². The molecular weight excluding hydrogens is 335 g/mol. The molecule has 136 valence electrons. The van der Waals surface area contributed by atoms with Gasteiger partial charge >= 0.3 is 6.18 Å². The molecule has 4 heteroatoms. The second kappa shape index (κ2) is 7.12. The van der Waals surface area contributed by atoms with E-state index >= 15 is 0 Å². The highest BCUT2D eigenvalue weighted by Gasteiger charge is 2.59. The third-order valence-electron chi connectivity index (χ3n) is 5.13. The van der Waals surface area contributed by atoms with Crippen LogP contribution in [0.4, 0.5) is 13.2 Å². The summed E-state index contributed by atoms with van der Waals surface area (Å²) in [6.07, 6.45) is -4.15. The normalized spacial score (nSPS) is 15.6. The molecule has 0 amide bonds. The van der Waals surface area contributed by atoms with Crippen LogP contribution < -0.4 is 5.73 Å². The molecule has 0 radical (unpaired) electrons. The molecule has 0 fully saturated rings. The summed E-state index contributed by atoms with van der Waals surface area (Å²) < 4.78 is 43.5. The van der Waals surface area contributed by atoms with Crippen molar-refractivity contribution in [3.05, 3.63) is 83.9 Å². The van der Waals surface area contributed by atoms with Crippen molar-refractivity contribution in [2.75, 3.05) is 0 Å². The van der Waals surface area contributed by atoms with Crippen LogP contribution in [0.3, 0.4) is 0 Å². The quantitative estimate of drug-likeness (QED) is 0.583. The smallest absolute Gasteiger partial charge is 0.323 e. The predicted molar refractivity (Wildman–Crippen MR) is 100.0 cm³/mol. The van der Waals surface area contributed by atoms with Gasteiger partial charge in [0.15, 0.2) is 0 Å². The average molecular weight is 357 g/mol. The summed E-state index contributed by atoms with van der Waals surface area (Å²) >= 11 is 0. The fourth-order valence-corrected chi connectivity index (χ4v) is 3.88. The number of nitrogens with two attached hydrogens (primary N) is 1. The maximum Gasteiger partial charge on any atom is 0.400 e. The molecule has 0 aliphatic carbocycles. The molecule has 2 atom stereocenters. The van der Waals surface area contributed by atoms with Gasteiger partial charge in [0.25, 0.3) is 0 Å². The van der Waals surface area contributed by atoms with Crippen molar-refractivity contribution in [3.63, 3.8) is 0 Å². The Bertz CT molecular complexity index is 868. The molecule has 1 nitrogen and oxygen atoms in total. The van der Waals surface area contributed by atoms with Gasteiger partial charge in [-0.2, -0.15) is 13.2 Å². The number of fused-ring (bicyclic) bond motifs is 1. The van der Waals surface area contributed by atoms with Crippen LogP contribution in [0, 0.1) is 0 Å². The van der Waals surface area contributed by atoms with Crippen LogP contribution in [0.25, 0.3) is 10.8 Å². The first-order valence-corrected chi connectivity index (χ1v) is 8.77. The van der Waals surface area contributed by atoms with Gasteiger partial charge in [-0.15, -0.1) is 0 Å². The van der Waals surface area contributed by atoms with Gasteiger partial charge < -0.3 is 5.73 Å². The molecular formula is C22H22F3N. The van der Waals surface area contributed by atoms with Crippen molar-refractivity contribution in [2.45, 2.75) is 37.4 Å². The lowest BCUT2D eigenvalue weighted by atomic mass is 9.68. The van der Waals surface area contributed by atoms with Gasteiger partial charge in [-0.1, -0.05) is 86.1 Å². The minimum atomic E-state index is -4.47. The monoisotopic (exact) mass is 357 g/mol. The van der Waals surface area contributed by atoms with Crippen LogP contribution in [-0.4, -0.2) is 6.18 Å². The summed E-state index contributed by atoms with van der Waals surface area (Å²) in [6, 6.07) is 19.7. The topological polar surface area (TPSA) is 26.0 Å². The van der Waals surface area contributed by atoms with Gasteiger partial charge in [-0.3, -0.25) is 0 Å². The van der Waals surface area contributed by atoms with Crippen molar-refractivity contribution >= 4 is 10.8 Å². The lowest BCUT2D eigenvalue weighted by molar-refractivity contribution is -0.200. The molecule has 0 saturated carbocycles. The Morgan fingerprint density at radius 1 is 0.846 bits per heavy atom. The van der Waals surface area contributed by atoms with Gasteiger partial charge in [0.05, 0.1) is 0 Å². The van der Waals surface area contributed by atoms with Crippen LogP contribution in [0.5, 0.6) is 0 Å². The zero-order valence-corrected chi connectivity index (χ0v) is 14.6. The van der Waals surface area contributed by atoms with E-state index in [9.17, 15) is 13.2 Å². The minimum Gasteiger partial charge on any atom is -0.323 e. The Kier molecular flexibility index (Phi) is 5.05. The first-order chi connectivity index (χ1) is 12.4. The molecule has 26 heavy (non-hydrogen) atoms. The van der Waals surface area contributed by atoms with E-state index in [2.05, 4.69) is 0 Å². The summed E-state index contributed by atoms with van der Waals surface area (Å²) in [6.45, 7) is 1.76. The van der Waals surface area contributed by atoms with E-state index in [1.807, 2.05) is 30.3 Å². The molecule has 0 aliphatic rings. The molecule has 0 aliphatic heterocycles. The van der Waals surface area contributed by atoms with E-state index in [4.69, 9.17) is 5.73 Å². The number of halogens is 3. The van der Waals surface area contributed by atoms with Crippen molar-refractivity contribution in [3.8, 4) is 0 Å². The second-order valence-corrected chi connectivity index (χ2v) is 6.63. The largest absolute Gasteiger partial charge is 0.400 e. The van der Waals surface area contributed by atoms with Crippen molar-refractivity contribution < 1.29 is 13.2 Å². The highest BCUT2D eigenvalue weighted by Crippen LogP contribution is 2.52. The highest BCUT2D eigenvalue weighted by molar-refractivity contribution is 5.86. The van der Waals surface area contributed by atoms with Gasteiger partial charge in [0.1, 0.15) is 5.41 Å². The highest BCUT2D eigenvalue weighted by atomic mass is 19.4. The van der Waals surface area contributed by atoms with E-state index < -0.39 is 17.6 Å². The average Bonchev–Trinajstić information content (AvgIpc) is 2.65. The summed E-state index contributed by atoms with van der Waals surface area (Å²) in [4.78, 5) is 0. The van der Waals surface area contributed by atoms with Gasteiger partial charge in [-0.05, 0) is 28.3 Å². The molecule has 0 saturated heterocycles. The molecule has 0 spiro atoms. The summed E-state index contributed by atoms with van der Waals surface area (Å²) in [5, 5.41) is 1.66. The second-order valence-electron chi connectivity index (χ2n) is 6.63. The lowest BCUT2D eigenvalue weighted by Gasteiger charge is -2.41. The van der Waals surface area contributed by atoms with E-state index in [0.717, 1.165) is 10.8 Å². The van der Waals surface area contributed by atoms with Crippen molar-refractivity contribution in [1.29, 1.82) is 0 Å². The Balaban J connectivity index is 2.27. The Labute approximate surface area is 151 Å². The lowest BCUT2D eigenvalue weighted by Crippen LogP contribution is -2.50. The van der Waals surface area contributed by atoms with Crippen LogP contribution in [0.15, 0.2) is 72.8 Å². The Morgan fingerprint density at radius 2 is 1.46 bits per heavy atom. The van der Waals surface area contributed by atoms with Crippen LogP contribution in [0.2, 0.25) is 0 Å². The standard InChI is InChI=1S/C22H22F3N/c1-2-15-21(22(23,24)25,17-11-4-3-5-12-17)20(26)19-14-8-10-16-9-6-7-13-18(16)19/h3-14,20H,2,15,26H2,1H3. The Morgan fingerprint density at radius 3 is 2.12 bits per heavy atom. The number of alkyl halides is 3. The molecule has 0 heterocycles. The van der Waals surface area contributed by atoms with E-state index in [0.29, 0.717) is 12.0 Å². The van der Waals surface area contributed by atoms with Crippen molar-refractivity contribution in [1.82, 2.24) is 0 Å². The summed E-state index contributed by atoms with van der Waals surface area (Å²) in [5.41, 5.74) is 5.04. The van der Waals surface area contributed by atoms with Crippen LogP contribution >= 0.6 is 0 Å². The molecule has 0 bridgehead atoms. The molecule has 2 unspecified atom stereocenters. The number of hydrogen-bond donors (Lipinski definition) is 1. The molecule has 2 N–H and O–H groups in total. The van der Waals surface area contributed by atoms with Crippen molar-refractivity contribution in [2.24, 2.45) is 5.73 Å². The maximum atomic E-state index is 14.5. The van der Waals surface area contributed by atoms with Crippen LogP contribution in [0.1, 0.15) is 36.9 Å². The SMILES string of the molecule is CCCC(c1ccccc1)(C(N)c1cccc2ccccc12)C(F)(F)F. The molecule has 3 aromatic rings. The fraction of sp³-hybridized carbons (Fsp3) is 0.273. The fourth-order valence-electron chi connectivity index (χ4n) is 3.88. The third-order valence-corrected chi connectivity index (χ3v) is 5.13. The van der Waals surface area contributed by atoms with Gasteiger partial charge in [-0.25, -0.2) is 0 Å². The number of hydrogen-bond acceptors (Lipinski definition) is 1. The first-order valence-electron chi connectivity index (χ1n) is 8.77. The first kappa shape index (κ1) is 18.5. The van der Waals surface area contributed by atoms with Crippen LogP contribution in [-0.2, 0) is 5.41 Å². The zero-order valence-electron chi connectivity index (χ0n) is 14.6. The third kappa shape index (κ3) is 2.99. The maximum absolute atomic E-state index is 14.5. The summed E-state index contributed by atoms with van der Waals surface area (Å²) in [7, 11) is 0.